The summed E-state index contributed by atoms with van der Waals surface area (Å²) in [6, 6.07) is 26.1. The molecule has 3 aromatic carbocycles. The van der Waals surface area contributed by atoms with Crippen LogP contribution < -0.4 is 4.80 Å². The monoisotopic (exact) mass is 424 g/mol. The van der Waals surface area contributed by atoms with Crippen molar-refractivity contribution in [3.8, 4) is 11.3 Å². The Labute approximate surface area is 178 Å². The fourth-order valence-electron chi connectivity index (χ4n) is 3.00. The van der Waals surface area contributed by atoms with Gasteiger partial charge < -0.3 is 4.57 Å². The third-order valence-corrected chi connectivity index (χ3v) is 5.82. The normalized spacial score (nSPS) is 11.7. The van der Waals surface area contributed by atoms with Gasteiger partial charge in [-0.2, -0.15) is 0 Å². The van der Waals surface area contributed by atoms with E-state index in [1.807, 2.05) is 42.5 Å². The average Bonchev–Trinajstić information content (AvgIpc) is 3.12. The highest BCUT2D eigenvalue weighted by Crippen LogP contribution is 2.23. The van der Waals surface area contributed by atoms with Crippen LogP contribution in [-0.4, -0.2) is 4.57 Å². The van der Waals surface area contributed by atoms with Gasteiger partial charge in [0.25, 0.3) is 0 Å². The summed E-state index contributed by atoms with van der Waals surface area (Å²) in [7, 11) is 0. The maximum absolute atomic E-state index is 6.07. The van der Waals surface area contributed by atoms with E-state index in [0.717, 1.165) is 39.7 Å². The van der Waals surface area contributed by atoms with Crippen molar-refractivity contribution in [1.29, 1.82) is 0 Å². The first-order chi connectivity index (χ1) is 13.7. The number of thiazole rings is 1. The second kappa shape index (κ2) is 8.78. The molecule has 28 heavy (non-hydrogen) atoms. The quantitative estimate of drug-likeness (QED) is 0.328. The van der Waals surface area contributed by atoms with Gasteiger partial charge >= 0.3 is 0 Å². The van der Waals surface area contributed by atoms with E-state index in [1.165, 1.54) is 5.56 Å². The Morgan fingerprint density at radius 2 is 1.43 bits per heavy atom. The van der Waals surface area contributed by atoms with E-state index in [2.05, 4.69) is 46.3 Å². The molecule has 0 unspecified atom stereocenters. The third kappa shape index (κ3) is 4.56. The number of hydrogen-bond acceptors (Lipinski definition) is 2. The Balaban J connectivity index is 1.75. The molecule has 0 amide bonds. The van der Waals surface area contributed by atoms with Crippen molar-refractivity contribution < 1.29 is 0 Å². The molecule has 0 aliphatic carbocycles. The van der Waals surface area contributed by atoms with Gasteiger partial charge in [-0.3, -0.25) is 0 Å². The van der Waals surface area contributed by atoms with Gasteiger partial charge in [0.05, 0.1) is 11.4 Å². The minimum absolute atomic E-state index is 0.712. The number of nitrogens with zero attached hydrogens (tertiary/aromatic N) is 2. The van der Waals surface area contributed by atoms with E-state index in [-0.39, 0.29) is 0 Å². The zero-order chi connectivity index (χ0) is 19.3. The van der Waals surface area contributed by atoms with Crippen LogP contribution in [0.4, 0.5) is 5.69 Å². The standard InChI is InChI=1S/C23H18Cl2N2S/c24-19-8-6-18(7-9-19)22-16-28-23(26-21-12-10-20(25)11-13-21)27(22)15-14-17-4-2-1-3-5-17/h1-13,16H,14-15H2. The molecule has 2 nitrogen and oxygen atoms in total. The molecule has 0 aliphatic rings. The summed E-state index contributed by atoms with van der Waals surface area (Å²) >= 11 is 13.7. The molecule has 1 aromatic heterocycles. The van der Waals surface area contributed by atoms with E-state index >= 15 is 0 Å². The summed E-state index contributed by atoms with van der Waals surface area (Å²) in [5, 5.41) is 3.60. The second-order valence-corrected chi connectivity index (χ2v) is 8.10. The lowest BCUT2D eigenvalue weighted by Gasteiger charge is -2.10. The summed E-state index contributed by atoms with van der Waals surface area (Å²) in [5.74, 6) is 0. The summed E-state index contributed by atoms with van der Waals surface area (Å²) in [6.07, 6.45) is 0.936. The Bertz CT molecular complexity index is 1110. The molecule has 0 saturated carbocycles. The number of benzene rings is 3. The molecular formula is C23H18Cl2N2S. The van der Waals surface area contributed by atoms with Gasteiger partial charge in [0.2, 0.25) is 0 Å². The van der Waals surface area contributed by atoms with E-state index < -0.39 is 0 Å². The van der Waals surface area contributed by atoms with Crippen LogP contribution in [0.25, 0.3) is 11.3 Å². The highest BCUT2D eigenvalue weighted by Gasteiger charge is 2.09. The minimum atomic E-state index is 0.712. The number of aryl methyl sites for hydroxylation is 1. The van der Waals surface area contributed by atoms with Crippen LogP contribution in [0.5, 0.6) is 0 Å². The molecule has 4 rings (SSSR count). The molecule has 140 valence electrons. The molecule has 0 bridgehead atoms. The predicted molar refractivity (Wildman–Crippen MR) is 120 cm³/mol. The summed E-state index contributed by atoms with van der Waals surface area (Å²) < 4.78 is 2.27. The van der Waals surface area contributed by atoms with Crippen molar-refractivity contribution >= 4 is 40.2 Å². The third-order valence-electron chi connectivity index (χ3n) is 4.46. The van der Waals surface area contributed by atoms with Gasteiger partial charge in [0, 0.05) is 22.0 Å². The van der Waals surface area contributed by atoms with Crippen molar-refractivity contribution in [1.82, 2.24) is 4.57 Å². The van der Waals surface area contributed by atoms with Crippen LogP contribution in [0.2, 0.25) is 10.0 Å². The minimum Gasteiger partial charge on any atom is -0.316 e. The molecule has 0 spiro atoms. The Hall–Kier alpha value is -2.33. The summed E-state index contributed by atoms with van der Waals surface area (Å²) in [6.45, 7) is 0.845. The molecule has 1 heterocycles. The van der Waals surface area contributed by atoms with Gasteiger partial charge in [-0.05, 0) is 53.9 Å². The SMILES string of the molecule is Clc1ccc(N=c2scc(-c3ccc(Cl)cc3)n2CCc2ccccc2)cc1. The Kier molecular flexibility index (Phi) is 5.96. The maximum atomic E-state index is 6.07. The molecule has 0 aliphatic heterocycles. The van der Waals surface area contributed by atoms with Crippen molar-refractivity contribution in [2.45, 2.75) is 13.0 Å². The van der Waals surface area contributed by atoms with Crippen LogP contribution in [0.15, 0.2) is 89.2 Å². The van der Waals surface area contributed by atoms with E-state index in [9.17, 15) is 0 Å². The predicted octanol–water partition coefficient (Wildman–Crippen LogP) is 7.00. The first-order valence-electron chi connectivity index (χ1n) is 8.97. The van der Waals surface area contributed by atoms with Crippen LogP contribution >= 0.6 is 34.5 Å². The first-order valence-corrected chi connectivity index (χ1v) is 10.6. The van der Waals surface area contributed by atoms with E-state index in [1.54, 1.807) is 11.3 Å². The molecule has 0 saturated heterocycles. The number of halogens is 2. The topological polar surface area (TPSA) is 17.3 Å². The fourth-order valence-corrected chi connectivity index (χ4v) is 4.21. The van der Waals surface area contributed by atoms with Gasteiger partial charge in [0.15, 0.2) is 4.80 Å². The molecular weight excluding hydrogens is 407 g/mol. The smallest absolute Gasteiger partial charge is 0.190 e. The second-order valence-electron chi connectivity index (χ2n) is 6.39. The molecule has 0 radical (unpaired) electrons. The van der Waals surface area contributed by atoms with E-state index in [4.69, 9.17) is 28.2 Å². The lowest BCUT2D eigenvalue weighted by Crippen LogP contribution is -2.17. The zero-order valence-corrected chi connectivity index (χ0v) is 17.4. The lowest BCUT2D eigenvalue weighted by atomic mass is 10.1. The molecule has 0 N–H and O–H groups in total. The molecule has 0 atom stereocenters. The highest BCUT2D eigenvalue weighted by atomic mass is 35.5. The number of rotatable bonds is 5. The molecule has 0 fully saturated rings. The largest absolute Gasteiger partial charge is 0.316 e. The average molecular weight is 425 g/mol. The van der Waals surface area contributed by atoms with Crippen molar-refractivity contribution in [2.24, 2.45) is 4.99 Å². The number of hydrogen-bond donors (Lipinski definition) is 0. The van der Waals surface area contributed by atoms with Gasteiger partial charge in [-0.25, -0.2) is 4.99 Å². The van der Waals surface area contributed by atoms with Crippen LogP contribution in [0.1, 0.15) is 5.56 Å². The van der Waals surface area contributed by atoms with E-state index in [0.29, 0.717) is 5.02 Å². The Morgan fingerprint density at radius 3 is 2.11 bits per heavy atom. The molecule has 5 heteroatoms. The summed E-state index contributed by atoms with van der Waals surface area (Å²) in [4.78, 5) is 5.82. The Morgan fingerprint density at radius 1 is 0.786 bits per heavy atom. The van der Waals surface area contributed by atoms with Crippen LogP contribution in [0.3, 0.4) is 0 Å². The van der Waals surface area contributed by atoms with Crippen molar-refractivity contribution in [2.75, 3.05) is 0 Å². The summed E-state index contributed by atoms with van der Waals surface area (Å²) in [5.41, 5.74) is 4.47. The maximum Gasteiger partial charge on any atom is 0.190 e. The van der Waals surface area contributed by atoms with Crippen LogP contribution in [-0.2, 0) is 13.0 Å². The number of aromatic nitrogens is 1. The highest BCUT2D eigenvalue weighted by molar-refractivity contribution is 7.07. The van der Waals surface area contributed by atoms with Gasteiger partial charge in [0.1, 0.15) is 0 Å². The first kappa shape index (κ1) is 19.0. The molecule has 4 aromatic rings. The zero-order valence-electron chi connectivity index (χ0n) is 15.1. The fraction of sp³-hybridized carbons (Fsp3) is 0.0870. The van der Waals surface area contributed by atoms with Crippen molar-refractivity contribution in [3.63, 3.8) is 0 Å². The lowest BCUT2D eigenvalue weighted by molar-refractivity contribution is 0.684. The van der Waals surface area contributed by atoms with Gasteiger partial charge in [-0.1, -0.05) is 65.7 Å². The van der Waals surface area contributed by atoms with Crippen LogP contribution in [0, 0.1) is 0 Å². The van der Waals surface area contributed by atoms with Crippen molar-refractivity contribution in [3.05, 3.63) is 105 Å². The van der Waals surface area contributed by atoms with Gasteiger partial charge in [-0.15, -0.1) is 11.3 Å².